The number of nitrogens with one attached hydrogen (secondary N) is 1. The summed E-state index contributed by atoms with van der Waals surface area (Å²) < 4.78 is 37.4. The molecule has 0 aliphatic rings. The third-order valence-corrected chi connectivity index (χ3v) is 2.52. The molecule has 0 amide bonds. The van der Waals surface area contributed by atoms with Gasteiger partial charge in [-0.15, -0.1) is 0 Å². The van der Waals surface area contributed by atoms with E-state index in [9.17, 15) is 13.2 Å². The first kappa shape index (κ1) is 15.8. The molecule has 17 heavy (non-hydrogen) atoms. The molecule has 0 unspecified atom stereocenters. The van der Waals surface area contributed by atoms with Crippen molar-refractivity contribution in [2.75, 3.05) is 5.73 Å². The van der Waals surface area contributed by atoms with Crippen LogP contribution in [0.25, 0.3) is 0 Å². The van der Waals surface area contributed by atoms with Gasteiger partial charge in [-0.2, -0.15) is 13.2 Å². The van der Waals surface area contributed by atoms with E-state index < -0.39 is 11.7 Å². The van der Waals surface area contributed by atoms with Crippen molar-refractivity contribution in [2.24, 2.45) is 0 Å². The molecule has 0 spiro atoms. The van der Waals surface area contributed by atoms with Crippen LogP contribution in [-0.2, 0) is 6.18 Å². The topological polar surface area (TPSA) is 49.9 Å². The molecule has 0 aliphatic heterocycles. The van der Waals surface area contributed by atoms with Crippen LogP contribution in [-0.4, -0.2) is 6.21 Å². The summed E-state index contributed by atoms with van der Waals surface area (Å²) >= 11 is 5.68. The zero-order valence-corrected chi connectivity index (χ0v) is 10.5. The lowest BCUT2D eigenvalue weighted by Crippen LogP contribution is -2.10. The molecule has 6 heteroatoms. The maximum atomic E-state index is 12.5. The summed E-state index contributed by atoms with van der Waals surface area (Å²) in [5.74, 6) is 0. The summed E-state index contributed by atoms with van der Waals surface area (Å²) in [6, 6.07) is 0.793. The second-order valence-corrected chi connectivity index (χ2v) is 3.39. The number of nitrogen functional groups attached to an aromatic ring is 1. The highest BCUT2D eigenvalue weighted by Gasteiger charge is 2.34. The molecule has 0 radical (unpaired) electrons. The Morgan fingerprint density at radius 3 is 2.18 bits per heavy atom. The highest BCUT2D eigenvalue weighted by Crippen LogP contribution is 2.37. The summed E-state index contributed by atoms with van der Waals surface area (Å²) in [5.41, 5.74) is 4.35. The number of halogens is 4. The van der Waals surface area contributed by atoms with Gasteiger partial charge < -0.3 is 11.1 Å². The molecule has 1 aromatic carbocycles. The van der Waals surface area contributed by atoms with E-state index >= 15 is 0 Å². The highest BCUT2D eigenvalue weighted by atomic mass is 35.5. The number of alkyl halides is 3. The third-order valence-electron chi connectivity index (χ3n) is 2.03. The zero-order chi connectivity index (χ0) is 13.8. The summed E-state index contributed by atoms with van der Waals surface area (Å²) in [4.78, 5) is 0. The fourth-order valence-corrected chi connectivity index (χ4v) is 1.50. The van der Waals surface area contributed by atoms with Crippen molar-refractivity contribution in [2.45, 2.75) is 26.9 Å². The van der Waals surface area contributed by atoms with Crippen LogP contribution >= 0.6 is 11.6 Å². The molecular formula is C11H14ClF3N2. The van der Waals surface area contributed by atoms with Crippen LogP contribution in [0.5, 0.6) is 0 Å². The molecule has 0 heterocycles. The lowest BCUT2D eigenvalue weighted by Gasteiger charge is -2.14. The Kier molecular flexibility index (Phi) is 5.48. The minimum atomic E-state index is -4.48. The summed E-state index contributed by atoms with van der Waals surface area (Å²) in [7, 11) is 0. The quantitative estimate of drug-likeness (QED) is 0.579. The first-order valence-corrected chi connectivity index (χ1v) is 5.33. The van der Waals surface area contributed by atoms with Gasteiger partial charge in [0.05, 0.1) is 10.6 Å². The largest absolute Gasteiger partial charge is 0.416 e. The molecule has 0 aliphatic carbocycles. The Hall–Kier alpha value is -1.23. The Morgan fingerprint density at radius 2 is 1.82 bits per heavy atom. The Balaban J connectivity index is 0.00000121. The molecule has 0 saturated heterocycles. The van der Waals surface area contributed by atoms with Gasteiger partial charge in [-0.1, -0.05) is 25.4 Å². The number of hydrogen-bond acceptors (Lipinski definition) is 2. The second kappa shape index (κ2) is 5.91. The van der Waals surface area contributed by atoms with Gasteiger partial charge in [0.15, 0.2) is 0 Å². The third kappa shape index (κ3) is 3.36. The molecule has 1 aromatic rings. The van der Waals surface area contributed by atoms with Crippen molar-refractivity contribution in [1.29, 1.82) is 5.41 Å². The van der Waals surface area contributed by atoms with Gasteiger partial charge in [-0.3, -0.25) is 0 Å². The van der Waals surface area contributed by atoms with Crippen molar-refractivity contribution in [3.63, 3.8) is 0 Å². The number of anilines is 1. The normalized spacial score (nSPS) is 10.5. The smallest absolute Gasteiger partial charge is 0.398 e. The van der Waals surface area contributed by atoms with Gasteiger partial charge in [-0.25, -0.2) is 0 Å². The SMILES string of the molecule is CC.Cc1c(C(F)(F)F)cc(N)c(C=N)c1Cl. The number of rotatable bonds is 1. The van der Waals surface area contributed by atoms with Crippen molar-refractivity contribution < 1.29 is 13.2 Å². The van der Waals surface area contributed by atoms with Gasteiger partial charge in [0.2, 0.25) is 0 Å². The predicted octanol–water partition coefficient (Wildman–Crippen LogP) is 4.27. The van der Waals surface area contributed by atoms with Crippen LogP contribution in [0.2, 0.25) is 5.02 Å². The van der Waals surface area contributed by atoms with Crippen molar-refractivity contribution in [3.05, 3.63) is 27.8 Å². The monoisotopic (exact) mass is 266 g/mol. The van der Waals surface area contributed by atoms with Crippen LogP contribution in [0.15, 0.2) is 6.07 Å². The maximum Gasteiger partial charge on any atom is 0.416 e. The van der Waals surface area contributed by atoms with E-state index in [1.54, 1.807) is 0 Å². The van der Waals surface area contributed by atoms with Gasteiger partial charge in [-0.05, 0) is 18.6 Å². The van der Waals surface area contributed by atoms with E-state index in [0.717, 1.165) is 12.3 Å². The highest BCUT2D eigenvalue weighted by molar-refractivity contribution is 6.34. The predicted molar refractivity (Wildman–Crippen MR) is 64.8 cm³/mol. The van der Waals surface area contributed by atoms with E-state index in [2.05, 4.69) is 0 Å². The summed E-state index contributed by atoms with van der Waals surface area (Å²) in [6.07, 6.45) is -3.65. The average molecular weight is 267 g/mol. The van der Waals surface area contributed by atoms with E-state index in [1.165, 1.54) is 6.92 Å². The number of nitrogens with two attached hydrogens (primary N) is 1. The summed E-state index contributed by atoms with van der Waals surface area (Å²) in [6.45, 7) is 5.25. The van der Waals surface area contributed by atoms with E-state index in [-0.39, 0.29) is 21.8 Å². The van der Waals surface area contributed by atoms with Crippen LogP contribution in [0.4, 0.5) is 18.9 Å². The fourth-order valence-electron chi connectivity index (χ4n) is 1.23. The molecule has 0 saturated carbocycles. The first-order chi connectivity index (χ1) is 7.79. The molecule has 0 atom stereocenters. The van der Waals surface area contributed by atoms with Gasteiger partial charge in [0.25, 0.3) is 0 Å². The Bertz CT molecular complexity index is 414. The van der Waals surface area contributed by atoms with E-state index in [0.29, 0.717) is 0 Å². The molecule has 96 valence electrons. The lowest BCUT2D eigenvalue weighted by molar-refractivity contribution is -0.138. The Morgan fingerprint density at radius 1 is 1.35 bits per heavy atom. The molecule has 3 N–H and O–H groups in total. The molecule has 1 rings (SSSR count). The van der Waals surface area contributed by atoms with E-state index in [1.807, 2.05) is 13.8 Å². The number of hydrogen-bond donors (Lipinski definition) is 2. The lowest BCUT2D eigenvalue weighted by atomic mass is 10.0. The first-order valence-electron chi connectivity index (χ1n) is 4.95. The molecule has 2 nitrogen and oxygen atoms in total. The zero-order valence-electron chi connectivity index (χ0n) is 9.74. The minimum Gasteiger partial charge on any atom is -0.398 e. The second-order valence-electron chi connectivity index (χ2n) is 3.01. The van der Waals surface area contributed by atoms with Crippen LogP contribution < -0.4 is 5.73 Å². The van der Waals surface area contributed by atoms with Crippen molar-refractivity contribution >= 4 is 23.5 Å². The van der Waals surface area contributed by atoms with Gasteiger partial charge in [0, 0.05) is 17.5 Å². The fraction of sp³-hybridized carbons (Fsp3) is 0.364. The van der Waals surface area contributed by atoms with Crippen LogP contribution in [0.1, 0.15) is 30.5 Å². The van der Waals surface area contributed by atoms with Gasteiger partial charge >= 0.3 is 6.18 Å². The van der Waals surface area contributed by atoms with Crippen LogP contribution in [0, 0.1) is 12.3 Å². The summed E-state index contributed by atoms with van der Waals surface area (Å²) in [5, 5.41) is 6.85. The molecule has 0 bridgehead atoms. The van der Waals surface area contributed by atoms with Crippen LogP contribution in [0.3, 0.4) is 0 Å². The Labute approximate surface area is 103 Å². The molecule has 0 aromatic heterocycles. The maximum absolute atomic E-state index is 12.5. The average Bonchev–Trinajstić information content (AvgIpc) is 2.25. The van der Waals surface area contributed by atoms with Crippen molar-refractivity contribution in [3.8, 4) is 0 Å². The molecular weight excluding hydrogens is 253 g/mol. The number of benzene rings is 1. The van der Waals surface area contributed by atoms with E-state index in [4.69, 9.17) is 22.7 Å². The van der Waals surface area contributed by atoms with Crippen molar-refractivity contribution in [1.82, 2.24) is 0 Å². The van der Waals surface area contributed by atoms with Gasteiger partial charge in [0.1, 0.15) is 0 Å². The standard InChI is InChI=1S/C9H8ClF3N2.C2H6/c1-4-6(9(11,12)13)2-7(15)5(3-14)8(4)10;1-2/h2-3,14H,15H2,1H3;1-2H3. The minimum absolute atomic E-state index is 0.113. The molecule has 0 fully saturated rings.